The van der Waals surface area contributed by atoms with E-state index in [1.165, 1.54) is 0 Å². The van der Waals surface area contributed by atoms with Gasteiger partial charge in [0.1, 0.15) is 5.82 Å². The van der Waals surface area contributed by atoms with E-state index in [4.69, 9.17) is 5.73 Å². The molecule has 16 heavy (non-hydrogen) atoms. The van der Waals surface area contributed by atoms with Crippen LogP contribution in [0.1, 0.15) is 18.5 Å². The molecule has 2 rings (SSSR count). The topological polar surface area (TPSA) is 79.6 Å². The van der Waals surface area contributed by atoms with E-state index < -0.39 is 0 Å². The summed E-state index contributed by atoms with van der Waals surface area (Å²) in [5, 5.41) is 9.95. The molecule has 0 spiro atoms. The average molecular weight is 282 g/mol. The van der Waals surface area contributed by atoms with Crippen LogP contribution in [-0.2, 0) is 0 Å². The molecule has 0 saturated carbocycles. The molecular formula is C10H12BrN5. The first-order valence-corrected chi connectivity index (χ1v) is 5.62. The van der Waals surface area contributed by atoms with Gasteiger partial charge in [-0.3, -0.25) is 5.10 Å². The van der Waals surface area contributed by atoms with Crippen LogP contribution in [0.15, 0.2) is 29.1 Å². The average Bonchev–Trinajstić information content (AvgIpc) is 2.75. The second kappa shape index (κ2) is 4.52. The fourth-order valence-corrected chi connectivity index (χ4v) is 1.83. The maximum atomic E-state index is 5.62. The second-order valence-electron chi connectivity index (χ2n) is 3.50. The lowest BCUT2D eigenvalue weighted by atomic mass is 10.2. The van der Waals surface area contributed by atoms with E-state index in [0.717, 1.165) is 15.9 Å². The zero-order valence-corrected chi connectivity index (χ0v) is 10.3. The van der Waals surface area contributed by atoms with Crippen LogP contribution in [-0.4, -0.2) is 15.2 Å². The third-order valence-electron chi connectivity index (χ3n) is 2.23. The molecular weight excluding hydrogens is 270 g/mol. The number of nitrogens with two attached hydrogens (primary N) is 1. The van der Waals surface area contributed by atoms with Crippen LogP contribution >= 0.6 is 15.9 Å². The van der Waals surface area contributed by atoms with Gasteiger partial charge in [0, 0.05) is 11.8 Å². The van der Waals surface area contributed by atoms with Crippen molar-refractivity contribution in [2.24, 2.45) is 0 Å². The number of hydrogen-bond acceptors (Lipinski definition) is 4. The van der Waals surface area contributed by atoms with Crippen LogP contribution in [0.3, 0.4) is 0 Å². The Labute approximate surface area is 102 Å². The van der Waals surface area contributed by atoms with Gasteiger partial charge in [-0.15, -0.1) is 0 Å². The quantitative estimate of drug-likeness (QED) is 0.807. The Morgan fingerprint density at radius 1 is 1.50 bits per heavy atom. The lowest BCUT2D eigenvalue weighted by Gasteiger charge is -2.14. The van der Waals surface area contributed by atoms with E-state index in [2.05, 4.69) is 36.4 Å². The molecule has 0 aliphatic heterocycles. The molecule has 4 N–H and O–H groups in total. The second-order valence-corrected chi connectivity index (χ2v) is 4.35. The standard InChI is InChI=1S/C10H12BrN5/c1-6(7-3-14-15-4-7)16-10-9(11)2-8(12)5-13-10/h2-6H,12H2,1H3,(H,13,16)(H,14,15). The number of hydrogen-bond donors (Lipinski definition) is 3. The van der Waals surface area contributed by atoms with Crippen LogP contribution < -0.4 is 11.1 Å². The minimum atomic E-state index is 0.131. The number of anilines is 2. The highest BCUT2D eigenvalue weighted by Gasteiger charge is 2.09. The summed E-state index contributed by atoms with van der Waals surface area (Å²) in [4.78, 5) is 4.21. The molecule has 1 unspecified atom stereocenters. The number of nitrogens with zero attached hydrogens (tertiary/aromatic N) is 2. The molecule has 0 fully saturated rings. The molecule has 0 bridgehead atoms. The van der Waals surface area contributed by atoms with Crippen LogP contribution in [0.5, 0.6) is 0 Å². The Morgan fingerprint density at radius 3 is 2.94 bits per heavy atom. The van der Waals surface area contributed by atoms with Crippen LogP contribution in [0, 0.1) is 0 Å². The summed E-state index contributed by atoms with van der Waals surface area (Å²) in [5.41, 5.74) is 7.32. The molecule has 84 valence electrons. The van der Waals surface area contributed by atoms with E-state index in [0.29, 0.717) is 5.69 Å². The molecule has 0 saturated heterocycles. The zero-order valence-electron chi connectivity index (χ0n) is 8.74. The van der Waals surface area contributed by atoms with E-state index in [-0.39, 0.29) is 6.04 Å². The van der Waals surface area contributed by atoms with E-state index in [9.17, 15) is 0 Å². The largest absolute Gasteiger partial charge is 0.397 e. The molecule has 0 aliphatic rings. The fraction of sp³-hybridized carbons (Fsp3) is 0.200. The highest BCUT2D eigenvalue weighted by molar-refractivity contribution is 9.10. The predicted octanol–water partition coefficient (Wildman–Crippen LogP) is 2.32. The third-order valence-corrected chi connectivity index (χ3v) is 2.84. The summed E-state index contributed by atoms with van der Waals surface area (Å²) >= 11 is 3.41. The Hall–Kier alpha value is -1.56. The third kappa shape index (κ3) is 2.33. The van der Waals surface area contributed by atoms with Crippen molar-refractivity contribution in [2.75, 3.05) is 11.1 Å². The summed E-state index contributed by atoms with van der Waals surface area (Å²) < 4.78 is 0.850. The van der Waals surface area contributed by atoms with Gasteiger partial charge in [0.2, 0.25) is 0 Å². The number of rotatable bonds is 3. The van der Waals surface area contributed by atoms with Gasteiger partial charge >= 0.3 is 0 Å². The van der Waals surface area contributed by atoms with Gasteiger partial charge in [-0.25, -0.2) is 4.98 Å². The van der Waals surface area contributed by atoms with Gasteiger partial charge in [-0.05, 0) is 28.9 Å². The molecule has 2 aromatic heterocycles. The van der Waals surface area contributed by atoms with Crippen molar-refractivity contribution in [3.63, 3.8) is 0 Å². The molecule has 0 radical (unpaired) electrons. The van der Waals surface area contributed by atoms with Gasteiger partial charge in [0.15, 0.2) is 0 Å². The molecule has 6 heteroatoms. The summed E-state index contributed by atoms with van der Waals surface area (Å²) in [6.45, 7) is 2.04. The molecule has 0 aliphatic carbocycles. The van der Waals surface area contributed by atoms with Crippen LogP contribution in [0.4, 0.5) is 11.5 Å². The summed E-state index contributed by atoms with van der Waals surface area (Å²) in [7, 11) is 0. The van der Waals surface area contributed by atoms with Gasteiger partial charge in [0.25, 0.3) is 0 Å². The normalized spacial score (nSPS) is 12.4. The van der Waals surface area contributed by atoms with Crippen molar-refractivity contribution in [3.05, 3.63) is 34.7 Å². The van der Waals surface area contributed by atoms with Gasteiger partial charge in [-0.1, -0.05) is 0 Å². The molecule has 0 aromatic carbocycles. The summed E-state index contributed by atoms with van der Waals surface area (Å²) in [5.74, 6) is 0.767. The predicted molar refractivity (Wildman–Crippen MR) is 67.0 cm³/mol. The van der Waals surface area contributed by atoms with Crippen molar-refractivity contribution in [1.82, 2.24) is 15.2 Å². The van der Waals surface area contributed by atoms with Crippen molar-refractivity contribution >= 4 is 27.4 Å². The summed E-state index contributed by atoms with van der Waals surface area (Å²) in [6.07, 6.45) is 5.25. The molecule has 0 amide bonds. The molecule has 5 nitrogen and oxygen atoms in total. The number of nitrogens with one attached hydrogen (secondary N) is 2. The van der Waals surface area contributed by atoms with E-state index in [1.54, 1.807) is 12.4 Å². The lowest BCUT2D eigenvalue weighted by Crippen LogP contribution is -2.07. The highest BCUT2D eigenvalue weighted by Crippen LogP contribution is 2.25. The number of aromatic nitrogens is 3. The van der Waals surface area contributed by atoms with Crippen LogP contribution in [0.25, 0.3) is 0 Å². The minimum Gasteiger partial charge on any atom is -0.397 e. The maximum absolute atomic E-state index is 5.62. The van der Waals surface area contributed by atoms with Crippen LogP contribution in [0.2, 0.25) is 0 Å². The van der Waals surface area contributed by atoms with Crippen molar-refractivity contribution in [3.8, 4) is 0 Å². The molecule has 2 heterocycles. The number of pyridine rings is 1. The minimum absolute atomic E-state index is 0.131. The van der Waals surface area contributed by atoms with Gasteiger partial charge in [0.05, 0.1) is 28.6 Å². The lowest BCUT2D eigenvalue weighted by molar-refractivity contribution is 0.874. The number of halogens is 1. The Kier molecular flexibility index (Phi) is 3.09. The molecule has 1 atom stereocenters. The number of H-pyrrole nitrogens is 1. The Morgan fingerprint density at radius 2 is 2.31 bits per heavy atom. The number of aromatic amines is 1. The van der Waals surface area contributed by atoms with E-state index >= 15 is 0 Å². The zero-order chi connectivity index (χ0) is 11.5. The maximum Gasteiger partial charge on any atom is 0.140 e. The SMILES string of the molecule is CC(Nc1ncc(N)cc1Br)c1cn[nH]c1. The highest BCUT2D eigenvalue weighted by atomic mass is 79.9. The first-order valence-electron chi connectivity index (χ1n) is 4.83. The smallest absolute Gasteiger partial charge is 0.140 e. The monoisotopic (exact) mass is 281 g/mol. The Bertz CT molecular complexity index is 468. The number of nitrogen functional groups attached to an aromatic ring is 1. The van der Waals surface area contributed by atoms with Crippen molar-refractivity contribution < 1.29 is 0 Å². The van der Waals surface area contributed by atoms with Crippen molar-refractivity contribution in [2.45, 2.75) is 13.0 Å². The first-order chi connectivity index (χ1) is 7.66. The molecule has 2 aromatic rings. The van der Waals surface area contributed by atoms with Gasteiger partial charge < -0.3 is 11.1 Å². The fourth-order valence-electron chi connectivity index (χ4n) is 1.35. The van der Waals surface area contributed by atoms with Gasteiger partial charge in [-0.2, -0.15) is 5.10 Å². The van der Waals surface area contributed by atoms with Crippen molar-refractivity contribution in [1.29, 1.82) is 0 Å². The van der Waals surface area contributed by atoms with E-state index in [1.807, 2.05) is 19.2 Å². The Balaban J connectivity index is 2.15. The summed E-state index contributed by atoms with van der Waals surface area (Å²) in [6, 6.07) is 1.95. The first kappa shape index (κ1) is 10.9.